The Morgan fingerprint density at radius 3 is 2.64 bits per heavy atom. The number of hydrogen-bond donors (Lipinski definition) is 1. The Morgan fingerprint density at radius 2 is 1.92 bits per heavy atom. The number of alkyl carbamates (subject to hydrolysis) is 1. The SMILES string of the molecule is C[C@@H](OC(C)(C)C)[C@H](NC(=O)OCc1ccc2c(c1)Cc1ccccc1-2)C(=O)N1C[C@@H](F)C[C@H]1C#N. The fraction of sp³-hybridized carbons (Fsp3) is 0.464. The van der Waals surface area contributed by atoms with Gasteiger partial charge in [0.2, 0.25) is 5.91 Å². The number of carbonyl (C=O) groups is 2. The van der Waals surface area contributed by atoms with Crippen LogP contribution in [0.2, 0.25) is 0 Å². The van der Waals surface area contributed by atoms with E-state index in [1.165, 1.54) is 27.2 Å². The minimum atomic E-state index is -1.28. The number of nitrogens with one attached hydrogen (secondary N) is 1. The summed E-state index contributed by atoms with van der Waals surface area (Å²) in [5.41, 5.74) is 5.10. The molecule has 2 amide bonds. The van der Waals surface area contributed by atoms with Crippen LogP contribution >= 0.6 is 0 Å². The molecule has 0 radical (unpaired) electrons. The number of hydrogen-bond acceptors (Lipinski definition) is 5. The molecule has 2 aliphatic rings. The summed E-state index contributed by atoms with van der Waals surface area (Å²) >= 11 is 0. The molecule has 36 heavy (non-hydrogen) atoms. The average molecular weight is 494 g/mol. The first-order chi connectivity index (χ1) is 17.1. The highest BCUT2D eigenvalue weighted by Crippen LogP contribution is 2.36. The van der Waals surface area contributed by atoms with E-state index < -0.39 is 42.0 Å². The summed E-state index contributed by atoms with van der Waals surface area (Å²) in [4.78, 5) is 27.2. The molecule has 1 saturated heterocycles. The van der Waals surface area contributed by atoms with Crippen molar-refractivity contribution in [3.8, 4) is 17.2 Å². The van der Waals surface area contributed by atoms with Crippen LogP contribution in [0.4, 0.5) is 9.18 Å². The van der Waals surface area contributed by atoms with E-state index >= 15 is 0 Å². The number of alkyl halides is 1. The Morgan fingerprint density at radius 1 is 1.19 bits per heavy atom. The zero-order chi connectivity index (χ0) is 26.0. The molecule has 4 atom stereocenters. The maximum Gasteiger partial charge on any atom is 0.408 e. The van der Waals surface area contributed by atoms with Crippen molar-refractivity contribution in [3.63, 3.8) is 0 Å². The summed E-state index contributed by atoms with van der Waals surface area (Å²) in [6, 6.07) is 14.2. The third kappa shape index (κ3) is 5.68. The smallest absolute Gasteiger partial charge is 0.408 e. The molecule has 7 nitrogen and oxygen atoms in total. The van der Waals surface area contributed by atoms with Crippen LogP contribution in [0.1, 0.15) is 50.8 Å². The molecule has 2 aromatic rings. The molecular formula is C28H32FN3O4. The van der Waals surface area contributed by atoms with E-state index in [0.29, 0.717) is 0 Å². The summed E-state index contributed by atoms with van der Waals surface area (Å²) in [6.07, 6.45) is -2.02. The number of nitriles is 1. The largest absolute Gasteiger partial charge is 0.445 e. The van der Waals surface area contributed by atoms with E-state index in [9.17, 15) is 19.2 Å². The zero-order valence-corrected chi connectivity index (χ0v) is 21.1. The zero-order valence-electron chi connectivity index (χ0n) is 21.1. The van der Waals surface area contributed by atoms with E-state index in [-0.39, 0.29) is 19.6 Å². The molecule has 8 heteroatoms. The van der Waals surface area contributed by atoms with Gasteiger partial charge in [-0.1, -0.05) is 42.5 Å². The van der Waals surface area contributed by atoms with Crippen molar-refractivity contribution in [1.29, 1.82) is 5.26 Å². The monoisotopic (exact) mass is 493 g/mol. The van der Waals surface area contributed by atoms with Gasteiger partial charge in [0.25, 0.3) is 0 Å². The summed E-state index contributed by atoms with van der Waals surface area (Å²) in [6.45, 7) is 7.01. The normalized spacial score (nSPS) is 20.2. The second kappa shape index (κ2) is 10.3. The quantitative estimate of drug-likeness (QED) is 0.545. The van der Waals surface area contributed by atoms with Gasteiger partial charge in [-0.3, -0.25) is 4.79 Å². The third-order valence-electron chi connectivity index (χ3n) is 6.46. The van der Waals surface area contributed by atoms with Crippen molar-refractivity contribution in [2.75, 3.05) is 6.54 Å². The Hall–Kier alpha value is -3.44. The third-order valence-corrected chi connectivity index (χ3v) is 6.46. The number of halogens is 1. The lowest BCUT2D eigenvalue weighted by Gasteiger charge is -2.33. The van der Waals surface area contributed by atoms with Crippen molar-refractivity contribution >= 4 is 12.0 Å². The second-order valence-electron chi connectivity index (χ2n) is 10.4. The molecule has 190 valence electrons. The number of fused-ring (bicyclic) bond motifs is 3. The van der Waals surface area contributed by atoms with Crippen LogP contribution in [0.3, 0.4) is 0 Å². The van der Waals surface area contributed by atoms with Gasteiger partial charge in [0, 0.05) is 6.42 Å². The molecule has 0 aromatic heterocycles. The molecule has 1 fully saturated rings. The number of nitrogens with zero attached hydrogens (tertiary/aromatic N) is 2. The lowest BCUT2D eigenvalue weighted by atomic mass is 10.0. The fourth-order valence-electron chi connectivity index (χ4n) is 4.94. The van der Waals surface area contributed by atoms with Gasteiger partial charge in [-0.15, -0.1) is 0 Å². The lowest BCUT2D eigenvalue weighted by Crippen LogP contribution is -2.56. The van der Waals surface area contributed by atoms with Crippen molar-refractivity contribution in [2.45, 2.75) is 77.1 Å². The molecule has 1 heterocycles. The summed E-state index contributed by atoms with van der Waals surface area (Å²) in [7, 11) is 0. The minimum Gasteiger partial charge on any atom is -0.445 e. The van der Waals surface area contributed by atoms with Crippen LogP contribution in [0, 0.1) is 11.3 Å². The number of carbonyl (C=O) groups excluding carboxylic acids is 2. The van der Waals surface area contributed by atoms with Crippen molar-refractivity contribution in [2.24, 2.45) is 0 Å². The molecular weight excluding hydrogens is 461 g/mol. The predicted molar refractivity (Wildman–Crippen MR) is 133 cm³/mol. The van der Waals surface area contributed by atoms with E-state index in [1.54, 1.807) is 6.92 Å². The molecule has 0 bridgehead atoms. The predicted octanol–water partition coefficient (Wildman–Crippen LogP) is 4.52. The van der Waals surface area contributed by atoms with Crippen LogP contribution in [0.25, 0.3) is 11.1 Å². The summed E-state index contributed by atoms with van der Waals surface area (Å²) < 4.78 is 25.3. The molecule has 4 rings (SSSR count). The van der Waals surface area contributed by atoms with Crippen LogP contribution in [-0.2, 0) is 27.3 Å². The van der Waals surface area contributed by atoms with E-state index in [2.05, 4.69) is 17.4 Å². The van der Waals surface area contributed by atoms with Gasteiger partial charge < -0.3 is 19.7 Å². The van der Waals surface area contributed by atoms with Gasteiger partial charge >= 0.3 is 6.09 Å². The van der Waals surface area contributed by atoms with Crippen molar-refractivity contribution < 1.29 is 23.5 Å². The number of amides is 2. The number of ether oxygens (including phenoxy) is 2. The molecule has 0 spiro atoms. The maximum atomic E-state index is 14.0. The van der Waals surface area contributed by atoms with Crippen LogP contribution in [0.5, 0.6) is 0 Å². The first-order valence-corrected chi connectivity index (χ1v) is 12.2. The van der Waals surface area contributed by atoms with Gasteiger partial charge in [-0.05, 0) is 61.9 Å². The Kier molecular flexibility index (Phi) is 7.32. The topological polar surface area (TPSA) is 91.7 Å². The lowest BCUT2D eigenvalue weighted by molar-refractivity contribution is -0.141. The number of rotatable bonds is 6. The van der Waals surface area contributed by atoms with Crippen molar-refractivity contribution in [3.05, 3.63) is 59.2 Å². The molecule has 1 N–H and O–H groups in total. The van der Waals surface area contributed by atoms with Crippen LogP contribution < -0.4 is 5.32 Å². The molecule has 1 aliphatic heterocycles. The van der Waals surface area contributed by atoms with E-state index in [4.69, 9.17) is 9.47 Å². The van der Waals surface area contributed by atoms with Crippen LogP contribution in [0.15, 0.2) is 42.5 Å². The second-order valence-corrected chi connectivity index (χ2v) is 10.4. The fourth-order valence-corrected chi connectivity index (χ4v) is 4.94. The summed E-state index contributed by atoms with van der Waals surface area (Å²) in [5.74, 6) is -0.564. The van der Waals surface area contributed by atoms with Gasteiger partial charge in [-0.2, -0.15) is 5.26 Å². The van der Waals surface area contributed by atoms with Gasteiger partial charge in [-0.25, -0.2) is 9.18 Å². The Labute approximate surface area is 211 Å². The number of benzene rings is 2. The molecule has 0 unspecified atom stereocenters. The van der Waals surface area contributed by atoms with Gasteiger partial charge in [0.05, 0.1) is 24.3 Å². The highest BCUT2D eigenvalue weighted by molar-refractivity contribution is 5.87. The first kappa shape index (κ1) is 25.6. The number of likely N-dealkylation sites (tertiary alicyclic amines) is 1. The minimum absolute atomic E-state index is 0.0297. The van der Waals surface area contributed by atoms with Gasteiger partial charge in [0.15, 0.2) is 0 Å². The Balaban J connectivity index is 1.43. The van der Waals surface area contributed by atoms with Crippen molar-refractivity contribution in [1.82, 2.24) is 10.2 Å². The summed E-state index contributed by atoms with van der Waals surface area (Å²) in [5, 5.41) is 12.0. The van der Waals surface area contributed by atoms with E-state index in [1.807, 2.05) is 57.2 Å². The highest BCUT2D eigenvalue weighted by atomic mass is 19.1. The molecule has 1 aliphatic carbocycles. The average Bonchev–Trinajstić information content (AvgIpc) is 3.39. The standard InChI is InChI=1S/C28H32FN3O4/c1-17(36-28(2,3)4)25(26(33)32-15-21(29)13-22(32)14-30)31-27(34)35-16-18-9-10-24-20(11-18)12-19-7-5-6-8-23(19)24/h5-11,17,21-22,25H,12-13,15-16H2,1-4H3,(H,31,34)/t17-,21+,22+,25+/m1/s1. The highest BCUT2D eigenvalue weighted by Gasteiger charge is 2.41. The van der Waals surface area contributed by atoms with Gasteiger partial charge in [0.1, 0.15) is 24.9 Å². The molecule has 0 saturated carbocycles. The van der Waals surface area contributed by atoms with E-state index in [0.717, 1.165) is 12.0 Å². The maximum absolute atomic E-state index is 14.0. The first-order valence-electron chi connectivity index (χ1n) is 12.2. The molecule has 2 aromatic carbocycles. The Bertz CT molecular complexity index is 1190. The van der Waals surface area contributed by atoms with Crippen LogP contribution in [-0.4, -0.2) is 53.4 Å².